The zero-order valence-electron chi connectivity index (χ0n) is 18.7. The Balaban J connectivity index is 0.00000450. The maximum Gasteiger partial charge on any atom is 0.191 e. The summed E-state index contributed by atoms with van der Waals surface area (Å²) in [5.74, 6) is 0.824. The third-order valence-corrected chi connectivity index (χ3v) is 5.63. The van der Waals surface area contributed by atoms with Gasteiger partial charge in [0.2, 0.25) is 0 Å². The van der Waals surface area contributed by atoms with Crippen LogP contribution in [-0.4, -0.2) is 43.0 Å². The van der Waals surface area contributed by atoms with Crippen LogP contribution in [-0.2, 0) is 35.6 Å². The molecule has 0 aliphatic heterocycles. The van der Waals surface area contributed by atoms with E-state index in [1.165, 1.54) is 17.5 Å². The number of hydrogen-bond acceptors (Lipinski definition) is 4. The summed E-state index contributed by atoms with van der Waals surface area (Å²) in [6, 6.07) is 7.76. The summed E-state index contributed by atoms with van der Waals surface area (Å²) in [5, 5.41) is 11.2. The van der Waals surface area contributed by atoms with Gasteiger partial charge in [0.25, 0.3) is 0 Å². The predicted octanol–water partition coefficient (Wildman–Crippen LogP) is 2.89. The minimum absolute atomic E-state index is 0. The Hall–Kier alpha value is -1.62. The number of halogens is 1. The summed E-state index contributed by atoms with van der Waals surface area (Å²) in [6.45, 7) is 9.61. The lowest BCUT2D eigenvalue weighted by Crippen LogP contribution is -2.43. The number of benzene rings is 1. The second kappa shape index (κ2) is 11.7. The summed E-state index contributed by atoms with van der Waals surface area (Å²) in [5.41, 5.74) is 5.35. The van der Waals surface area contributed by atoms with Gasteiger partial charge in [-0.05, 0) is 50.8 Å². The lowest BCUT2D eigenvalue weighted by Gasteiger charge is -2.18. The molecule has 0 amide bonds. The molecule has 0 aliphatic rings. The third-order valence-electron chi connectivity index (χ3n) is 4.77. The molecule has 0 aliphatic carbocycles. The van der Waals surface area contributed by atoms with E-state index in [9.17, 15) is 8.42 Å². The van der Waals surface area contributed by atoms with Gasteiger partial charge in [0.1, 0.15) is 0 Å². The molecule has 1 unspecified atom stereocenters. The van der Waals surface area contributed by atoms with Gasteiger partial charge in [-0.3, -0.25) is 4.68 Å². The molecule has 0 bridgehead atoms. The molecule has 9 heteroatoms. The number of aliphatic imine (C=N–C) groups is 1. The summed E-state index contributed by atoms with van der Waals surface area (Å²) < 4.78 is 24.7. The van der Waals surface area contributed by atoms with E-state index >= 15 is 0 Å². The zero-order valence-corrected chi connectivity index (χ0v) is 21.8. The van der Waals surface area contributed by atoms with Gasteiger partial charge in [-0.15, -0.1) is 24.0 Å². The average molecular weight is 548 g/mol. The smallest absolute Gasteiger partial charge is 0.191 e. The fourth-order valence-electron chi connectivity index (χ4n) is 3.24. The second-order valence-electron chi connectivity index (χ2n) is 7.60. The minimum atomic E-state index is -3.02. The van der Waals surface area contributed by atoms with Crippen LogP contribution in [0.25, 0.3) is 0 Å². The van der Waals surface area contributed by atoms with Crippen LogP contribution in [0.5, 0.6) is 0 Å². The van der Waals surface area contributed by atoms with Crippen molar-refractivity contribution in [2.75, 3.05) is 12.8 Å². The molecule has 0 fully saturated rings. The highest BCUT2D eigenvalue weighted by Gasteiger charge is 2.14. The van der Waals surface area contributed by atoms with Crippen LogP contribution in [0.1, 0.15) is 41.9 Å². The van der Waals surface area contributed by atoms with E-state index in [-0.39, 0.29) is 35.8 Å². The molecular weight excluding hydrogens is 513 g/mol. The maximum atomic E-state index is 11.4. The van der Waals surface area contributed by atoms with E-state index in [2.05, 4.69) is 34.6 Å². The number of hydrogen-bond donors (Lipinski definition) is 2. The second-order valence-corrected chi connectivity index (χ2v) is 9.74. The van der Waals surface area contributed by atoms with Gasteiger partial charge < -0.3 is 10.6 Å². The average Bonchev–Trinajstić information content (AvgIpc) is 2.86. The first-order valence-corrected chi connectivity index (χ1v) is 11.9. The van der Waals surface area contributed by atoms with E-state index < -0.39 is 9.84 Å². The number of guanidine groups is 1. The van der Waals surface area contributed by atoms with E-state index in [1.54, 1.807) is 0 Å². The molecule has 2 N–H and O–H groups in total. The topological polar surface area (TPSA) is 88.4 Å². The van der Waals surface area contributed by atoms with Crippen LogP contribution < -0.4 is 10.6 Å². The summed E-state index contributed by atoms with van der Waals surface area (Å²) in [7, 11) is -1.05. The molecule has 1 heterocycles. The Morgan fingerprint density at radius 3 is 2.30 bits per heavy atom. The van der Waals surface area contributed by atoms with E-state index in [0.717, 1.165) is 35.7 Å². The van der Waals surface area contributed by atoms with Gasteiger partial charge in [-0.1, -0.05) is 24.3 Å². The molecule has 1 aromatic carbocycles. The number of aromatic nitrogens is 2. The standard InChI is InChI=1S/C21H33N5O2S.HI/c1-7-22-21(24-15(2)12-20-16(3)25-26(5)17(20)4)23-13-18-8-10-19(11-9-18)14-29(6,27)28;/h8-11,15H,7,12-14H2,1-6H3,(H2,22,23,24);1H. The van der Waals surface area contributed by atoms with E-state index in [1.807, 2.05) is 49.8 Å². The Morgan fingerprint density at radius 2 is 1.80 bits per heavy atom. The molecule has 2 rings (SSSR count). The van der Waals surface area contributed by atoms with Crippen molar-refractivity contribution in [2.24, 2.45) is 12.0 Å². The van der Waals surface area contributed by atoms with Crippen molar-refractivity contribution in [3.8, 4) is 0 Å². The van der Waals surface area contributed by atoms with Crippen molar-refractivity contribution in [3.63, 3.8) is 0 Å². The highest BCUT2D eigenvalue weighted by atomic mass is 127. The highest BCUT2D eigenvalue weighted by molar-refractivity contribution is 14.0. The Kier molecular flexibility index (Phi) is 10.3. The van der Waals surface area contributed by atoms with Gasteiger partial charge in [0.05, 0.1) is 18.0 Å². The number of nitrogens with one attached hydrogen (secondary N) is 2. The first kappa shape index (κ1) is 26.4. The van der Waals surface area contributed by atoms with Gasteiger partial charge in [-0.2, -0.15) is 5.10 Å². The fraction of sp³-hybridized carbons (Fsp3) is 0.524. The largest absolute Gasteiger partial charge is 0.357 e. The molecule has 7 nitrogen and oxygen atoms in total. The van der Waals surface area contributed by atoms with Crippen LogP contribution in [0.4, 0.5) is 0 Å². The molecule has 0 saturated carbocycles. The monoisotopic (exact) mass is 547 g/mol. The lowest BCUT2D eigenvalue weighted by atomic mass is 10.1. The molecule has 2 aromatic rings. The normalized spacial score (nSPS) is 12.9. The molecule has 1 atom stereocenters. The number of rotatable bonds is 8. The highest BCUT2D eigenvalue weighted by Crippen LogP contribution is 2.14. The van der Waals surface area contributed by atoms with Crippen molar-refractivity contribution in [1.29, 1.82) is 0 Å². The van der Waals surface area contributed by atoms with Crippen LogP contribution in [0.15, 0.2) is 29.3 Å². The Bertz CT molecular complexity index is 953. The van der Waals surface area contributed by atoms with Crippen molar-refractivity contribution < 1.29 is 8.42 Å². The number of sulfone groups is 1. The molecule has 168 valence electrons. The number of aryl methyl sites for hydroxylation is 2. The van der Waals surface area contributed by atoms with Crippen molar-refractivity contribution >= 4 is 39.8 Å². The van der Waals surface area contributed by atoms with E-state index in [4.69, 9.17) is 0 Å². The van der Waals surface area contributed by atoms with E-state index in [0.29, 0.717) is 6.54 Å². The van der Waals surface area contributed by atoms with Crippen LogP contribution in [0.3, 0.4) is 0 Å². The summed E-state index contributed by atoms with van der Waals surface area (Å²) in [4.78, 5) is 4.67. The maximum absolute atomic E-state index is 11.4. The molecule has 0 spiro atoms. The fourth-order valence-corrected chi connectivity index (χ4v) is 4.04. The SMILES string of the molecule is CCNC(=NCc1ccc(CS(C)(=O)=O)cc1)NC(C)Cc1c(C)nn(C)c1C.I. The number of nitrogens with zero attached hydrogens (tertiary/aromatic N) is 3. The zero-order chi connectivity index (χ0) is 21.6. The minimum Gasteiger partial charge on any atom is -0.357 e. The molecule has 1 aromatic heterocycles. The van der Waals surface area contributed by atoms with Crippen molar-refractivity contribution in [1.82, 2.24) is 20.4 Å². The quantitative estimate of drug-likeness (QED) is 0.302. The van der Waals surface area contributed by atoms with Gasteiger partial charge in [-0.25, -0.2) is 13.4 Å². The first-order valence-electron chi connectivity index (χ1n) is 9.88. The van der Waals surface area contributed by atoms with Crippen LogP contribution >= 0.6 is 24.0 Å². The van der Waals surface area contributed by atoms with Gasteiger partial charge >= 0.3 is 0 Å². The predicted molar refractivity (Wildman–Crippen MR) is 134 cm³/mol. The third kappa shape index (κ3) is 8.25. The van der Waals surface area contributed by atoms with Crippen molar-refractivity contribution in [3.05, 3.63) is 52.3 Å². The lowest BCUT2D eigenvalue weighted by molar-refractivity contribution is 0.601. The van der Waals surface area contributed by atoms with Crippen LogP contribution in [0.2, 0.25) is 0 Å². The first-order chi connectivity index (χ1) is 13.6. The van der Waals surface area contributed by atoms with Gasteiger partial charge in [0.15, 0.2) is 15.8 Å². The van der Waals surface area contributed by atoms with Gasteiger partial charge in [0, 0.05) is 31.6 Å². The summed E-state index contributed by atoms with van der Waals surface area (Å²) in [6.07, 6.45) is 2.12. The molecule has 0 radical (unpaired) electrons. The Labute approximate surface area is 197 Å². The van der Waals surface area contributed by atoms with Crippen molar-refractivity contribution in [2.45, 2.75) is 52.5 Å². The summed E-state index contributed by atoms with van der Waals surface area (Å²) >= 11 is 0. The molecular formula is C21H34IN5O2S. The van der Waals surface area contributed by atoms with Crippen LogP contribution in [0, 0.1) is 13.8 Å². The molecule has 30 heavy (non-hydrogen) atoms. The molecule has 0 saturated heterocycles. The Morgan fingerprint density at radius 1 is 1.20 bits per heavy atom.